The van der Waals surface area contributed by atoms with E-state index in [1.165, 1.54) is 0 Å². The van der Waals surface area contributed by atoms with E-state index in [0.29, 0.717) is 34.7 Å². The molecule has 7 heteroatoms. The van der Waals surface area contributed by atoms with Crippen molar-refractivity contribution in [3.8, 4) is 0 Å². The molecule has 0 aromatic heterocycles. The van der Waals surface area contributed by atoms with Crippen molar-refractivity contribution in [1.82, 2.24) is 10.0 Å². The van der Waals surface area contributed by atoms with E-state index in [-0.39, 0.29) is 0 Å². The minimum atomic E-state index is -3.51. The summed E-state index contributed by atoms with van der Waals surface area (Å²) in [4.78, 5) is 0.647. The van der Waals surface area contributed by atoms with Crippen molar-refractivity contribution >= 4 is 21.3 Å². The SMILES string of the molecule is CC(C)N(C)N=C1C=CC(S(=O)(=O)C2=CCC(=NN(C)C(C)C)C=C2)=CC1. The van der Waals surface area contributed by atoms with Crippen molar-refractivity contribution in [3.05, 3.63) is 46.3 Å². The highest BCUT2D eigenvalue weighted by Gasteiger charge is 2.23. The molecule has 0 radical (unpaired) electrons. The Morgan fingerprint density at radius 3 is 1.41 bits per heavy atom. The van der Waals surface area contributed by atoms with E-state index < -0.39 is 9.84 Å². The molecule has 0 aromatic carbocycles. The number of sulfone groups is 1. The van der Waals surface area contributed by atoms with E-state index in [1.807, 2.05) is 24.1 Å². The maximum Gasteiger partial charge on any atom is 0.205 e. The number of nitrogens with zero attached hydrogens (tertiary/aromatic N) is 4. The molecule has 2 aliphatic carbocycles. The Balaban J connectivity index is 2.11. The molecule has 0 saturated heterocycles. The second-order valence-corrected chi connectivity index (χ2v) is 9.26. The average molecular weight is 391 g/mol. The normalized spacial score (nSPS) is 20.4. The van der Waals surface area contributed by atoms with Gasteiger partial charge in [-0.25, -0.2) is 8.42 Å². The number of rotatable bonds is 6. The summed E-state index contributed by atoms with van der Waals surface area (Å²) < 4.78 is 25.8. The summed E-state index contributed by atoms with van der Waals surface area (Å²) in [5.74, 6) is 0. The zero-order chi connectivity index (χ0) is 20.2. The molecule has 0 fully saturated rings. The molecule has 0 atom stereocenters. The van der Waals surface area contributed by atoms with Crippen LogP contribution in [0.2, 0.25) is 0 Å². The maximum atomic E-state index is 12.9. The Morgan fingerprint density at radius 2 is 1.15 bits per heavy atom. The number of hydrogen-bond donors (Lipinski definition) is 0. The van der Waals surface area contributed by atoms with Gasteiger partial charge in [0.2, 0.25) is 9.84 Å². The van der Waals surface area contributed by atoms with Crippen LogP contribution in [0.1, 0.15) is 40.5 Å². The topological polar surface area (TPSA) is 65.3 Å². The van der Waals surface area contributed by atoms with Gasteiger partial charge in [-0.3, -0.25) is 10.0 Å². The van der Waals surface area contributed by atoms with Gasteiger partial charge in [-0.2, -0.15) is 10.2 Å². The van der Waals surface area contributed by atoms with Crippen LogP contribution < -0.4 is 0 Å². The third-order valence-electron chi connectivity index (χ3n) is 4.59. The fourth-order valence-corrected chi connectivity index (χ4v) is 3.73. The second kappa shape index (κ2) is 8.69. The lowest BCUT2D eigenvalue weighted by atomic mass is 10.1. The van der Waals surface area contributed by atoms with Crippen molar-refractivity contribution in [1.29, 1.82) is 0 Å². The van der Waals surface area contributed by atoms with Gasteiger partial charge in [0.15, 0.2) is 0 Å². The standard InChI is InChI=1S/C20H30N4O2S/c1-15(2)23(5)21-17-7-11-19(12-8-17)27(25,26)20-13-9-18(10-14-20)22-24(6)16(3)4/h7,9,11-16H,8,10H2,1-6H3. The molecular weight excluding hydrogens is 360 g/mol. The Kier molecular flexibility index (Phi) is 6.81. The van der Waals surface area contributed by atoms with Crippen molar-refractivity contribution in [2.75, 3.05) is 14.1 Å². The van der Waals surface area contributed by atoms with E-state index in [0.717, 1.165) is 11.4 Å². The van der Waals surface area contributed by atoms with Crippen LogP contribution in [0.25, 0.3) is 0 Å². The molecule has 0 heterocycles. The van der Waals surface area contributed by atoms with Gasteiger partial charge in [0.1, 0.15) is 0 Å². The smallest absolute Gasteiger partial charge is 0.205 e. The molecule has 27 heavy (non-hydrogen) atoms. The molecule has 0 spiro atoms. The van der Waals surface area contributed by atoms with Crippen molar-refractivity contribution in [2.45, 2.75) is 52.6 Å². The highest BCUT2D eigenvalue weighted by molar-refractivity contribution is 7.99. The molecule has 2 aliphatic rings. The van der Waals surface area contributed by atoms with Crippen LogP contribution in [0.3, 0.4) is 0 Å². The molecule has 6 nitrogen and oxygen atoms in total. The summed E-state index contributed by atoms with van der Waals surface area (Å²) in [5, 5.41) is 12.7. The van der Waals surface area contributed by atoms with Gasteiger partial charge in [-0.15, -0.1) is 0 Å². The Labute approximate surface area is 163 Å². The lowest BCUT2D eigenvalue weighted by molar-refractivity contribution is 0.288. The number of hydrogen-bond acceptors (Lipinski definition) is 6. The highest BCUT2D eigenvalue weighted by Crippen LogP contribution is 2.25. The van der Waals surface area contributed by atoms with E-state index >= 15 is 0 Å². The first-order valence-electron chi connectivity index (χ1n) is 9.23. The lowest BCUT2D eigenvalue weighted by Gasteiger charge is -2.20. The summed E-state index contributed by atoms with van der Waals surface area (Å²) in [6.07, 6.45) is 11.3. The van der Waals surface area contributed by atoms with E-state index in [4.69, 9.17) is 0 Å². The Hall–Kier alpha value is -2.15. The van der Waals surface area contributed by atoms with Gasteiger partial charge in [-0.05, 0) is 52.0 Å². The van der Waals surface area contributed by atoms with Crippen LogP contribution in [-0.2, 0) is 9.84 Å². The summed E-state index contributed by atoms with van der Waals surface area (Å²) in [6.45, 7) is 8.23. The predicted octanol–water partition coefficient (Wildman–Crippen LogP) is 3.48. The Bertz CT molecular complexity index is 779. The largest absolute Gasteiger partial charge is 0.297 e. The summed E-state index contributed by atoms with van der Waals surface area (Å²) in [5.41, 5.74) is 1.70. The quantitative estimate of drug-likeness (QED) is 0.651. The monoisotopic (exact) mass is 390 g/mol. The van der Waals surface area contributed by atoms with Crippen LogP contribution >= 0.6 is 0 Å². The minimum absolute atomic E-state index is 0.295. The van der Waals surface area contributed by atoms with Gasteiger partial charge in [0, 0.05) is 39.0 Å². The fourth-order valence-electron chi connectivity index (χ4n) is 2.36. The van der Waals surface area contributed by atoms with Crippen LogP contribution in [0, 0.1) is 0 Å². The fraction of sp³-hybridized carbons (Fsp3) is 0.500. The molecule has 0 saturated carbocycles. The Morgan fingerprint density at radius 1 is 0.778 bits per heavy atom. The summed E-state index contributed by atoms with van der Waals surface area (Å²) in [6, 6.07) is 0.589. The number of hydrazone groups is 2. The molecule has 2 rings (SSSR count). The minimum Gasteiger partial charge on any atom is -0.297 e. The molecule has 0 bridgehead atoms. The molecular formula is C20H30N4O2S. The highest BCUT2D eigenvalue weighted by atomic mass is 32.2. The molecule has 0 aliphatic heterocycles. The van der Waals surface area contributed by atoms with Crippen LogP contribution in [0.5, 0.6) is 0 Å². The van der Waals surface area contributed by atoms with E-state index in [2.05, 4.69) is 37.9 Å². The van der Waals surface area contributed by atoms with Crippen molar-refractivity contribution in [2.24, 2.45) is 10.2 Å². The van der Waals surface area contributed by atoms with Gasteiger partial charge in [0.05, 0.1) is 21.2 Å². The van der Waals surface area contributed by atoms with Crippen molar-refractivity contribution < 1.29 is 8.42 Å². The van der Waals surface area contributed by atoms with Gasteiger partial charge in [0.25, 0.3) is 0 Å². The summed E-state index contributed by atoms with van der Waals surface area (Å²) >= 11 is 0. The van der Waals surface area contributed by atoms with Gasteiger partial charge >= 0.3 is 0 Å². The predicted molar refractivity (Wildman–Crippen MR) is 113 cm³/mol. The average Bonchev–Trinajstić information content (AvgIpc) is 2.62. The third kappa shape index (κ3) is 5.42. The second-order valence-electron chi connectivity index (χ2n) is 7.31. The first-order chi connectivity index (χ1) is 12.6. The van der Waals surface area contributed by atoms with Crippen LogP contribution in [-0.4, -0.2) is 56.0 Å². The molecule has 0 unspecified atom stereocenters. The van der Waals surface area contributed by atoms with Crippen molar-refractivity contribution in [3.63, 3.8) is 0 Å². The molecule has 148 valence electrons. The van der Waals surface area contributed by atoms with Crippen LogP contribution in [0.4, 0.5) is 0 Å². The zero-order valence-corrected chi connectivity index (χ0v) is 17.9. The van der Waals surface area contributed by atoms with E-state index in [1.54, 1.807) is 36.5 Å². The first kappa shape index (κ1) is 21.2. The summed E-state index contributed by atoms with van der Waals surface area (Å²) in [7, 11) is 0.313. The molecule has 0 amide bonds. The zero-order valence-electron chi connectivity index (χ0n) is 17.0. The first-order valence-corrected chi connectivity index (χ1v) is 10.7. The third-order valence-corrected chi connectivity index (χ3v) is 6.44. The lowest BCUT2D eigenvalue weighted by Crippen LogP contribution is -2.22. The van der Waals surface area contributed by atoms with Gasteiger partial charge < -0.3 is 0 Å². The number of allylic oxidation sites excluding steroid dienone is 6. The molecule has 0 N–H and O–H groups in total. The van der Waals surface area contributed by atoms with E-state index in [9.17, 15) is 8.42 Å². The maximum absolute atomic E-state index is 12.9. The van der Waals surface area contributed by atoms with Crippen LogP contribution in [0.15, 0.2) is 56.5 Å². The van der Waals surface area contributed by atoms with Gasteiger partial charge in [-0.1, -0.05) is 12.2 Å². The molecule has 0 aromatic rings.